The van der Waals surface area contributed by atoms with E-state index >= 15 is 0 Å². The van der Waals surface area contributed by atoms with Gasteiger partial charge in [-0.05, 0) is 19.3 Å². The maximum absolute atomic E-state index is 12.0. The van der Waals surface area contributed by atoms with Crippen molar-refractivity contribution in [3.8, 4) is 0 Å². The van der Waals surface area contributed by atoms with Gasteiger partial charge in [0.15, 0.2) is 6.10 Å². The highest BCUT2D eigenvalue weighted by Crippen LogP contribution is 2.21. The first-order valence-electron chi connectivity index (χ1n) is 5.88. The van der Waals surface area contributed by atoms with Gasteiger partial charge >= 0.3 is 5.97 Å². The van der Waals surface area contributed by atoms with Crippen molar-refractivity contribution in [1.82, 2.24) is 4.90 Å². The zero-order chi connectivity index (χ0) is 12.8. The van der Waals surface area contributed by atoms with Gasteiger partial charge in [-0.2, -0.15) is 0 Å². The zero-order valence-electron chi connectivity index (χ0n) is 9.96. The Morgan fingerprint density at radius 3 is 2.41 bits per heavy atom. The molecular weight excluding hydrogens is 226 g/mol. The molecule has 0 spiro atoms. The Bertz CT molecular complexity index is 275. The maximum Gasteiger partial charge on any atom is 0.332 e. The molecule has 1 heterocycles. The van der Waals surface area contributed by atoms with Crippen LogP contribution >= 0.6 is 0 Å². The second-order valence-electron chi connectivity index (χ2n) is 4.08. The molecule has 0 bridgehead atoms. The Balaban J connectivity index is 2.54. The van der Waals surface area contributed by atoms with E-state index in [-0.39, 0.29) is 19.1 Å². The second-order valence-corrected chi connectivity index (χ2v) is 4.08. The summed E-state index contributed by atoms with van der Waals surface area (Å²) in [5.74, 6) is -1.24. The van der Waals surface area contributed by atoms with E-state index in [9.17, 15) is 9.59 Å². The summed E-state index contributed by atoms with van der Waals surface area (Å²) < 4.78 is 5.19. The minimum atomic E-state index is -1.02. The Kier molecular flexibility index (Phi) is 5.37. The van der Waals surface area contributed by atoms with Gasteiger partial charge in [-0.1, -0.05) is 6.92 Å². The summed E-state index contributed by atoms with van der Waals surface area (Å²) in [6.45, 7) is 2.66. The van der Waals surface area contributed by atoms with Crippen LogP contribution in [0.1, 0.15) is 26.2 Å². The van der Waals surface area contributed by atoms with Gasteiger partial charge in [-0.3, -0.25) is 4.79 Å². The number of hydrogen-bond donors (Lipinski definition) is 2. The van der Waals surface area contributed by atoms with Crippen molar-refractivity contribution in [3.05, 3.63) is 0 Å². The summed E-state index contributed by atoms with van der Waals surface area (Å²) in [5, 5.41) is 17.6. The number of ether oxygens (including phenoxy) is 1. The van der Waals surface area contributed by atoms with Crippen LogP contribution in [0.25, 0.3) is 0 Å². The molecule has 1 fully saturated rings. The first-order chi connectivity index (χ1) is 8.10. The van der Waals surface area contributed by atoms with Crippen molar-refractivity contribution < 1.29 is 24.5 Å². The number of aliphatic carboxylic acids is 1. The molecule has 6 heteroatoms. The molecule has 2 atom stereocenters. The topological polar surface area (TPSA) is 87.1 Å². The van der Waals surface area contributed by atoms with Crippen molar-refractivity contribution in [1.29, 1.82) is 0 Å². The lowest BCUT2D eigenvalue weighted by molar-refractivity contribution is -0.155. The lowest BCUT2D eigenvalue weighted by Gasteiger charge is -2.24. The standard InChI is InChI=1S/C11H19NO5/c1-2-5-12(6-7-13)10(14)8-3-4-9(17-8)11(15)16/h8-9,13H,2-7H2,1H3,(H,15,16). The Hall–Kier alpha value is -1.14. The molecule has 1 rings (SSSR count). The number of carboxylic acid groups (broad SMARTS) is 1. The Labute approximate surface area is 100 Å². The maximum atomic E-state index is 12.0. The number of carbonyl (C=O) groups excluding carboxylic acids is 1. The monoisotopic (exact) mass is 245 g/mol. The number of carbonyl (C=O) groups is 2. The molecule has 2 unspecified atom stereocenters. The van der Waals surface area contributed by atoms with E-state index in [4.69, 9.17) is 14.9 Å². The van der Waals surface area contributed by atoms with Gasteiger partial charge in [0, 0.05) is 13.1 Å². The van der Waals surface area contributed by atoms with Crippen LogP contribution in [-0.4, -0.2) is 58.9 Å². The summed E-state index contributed by atoms with van der Waals surface area (Å²) in [5.41, 5.74) is 0. The zero-order valence-corrected chi connectivity index (χ0v) is 9.96. The van der Waals surface area contributed by atoms with Gasteiger partial charge in [0.2, 0.25) is 0 Å². The number of aliphatic hydroxyl groups excluding tert-OH is 1. The first kappa shape index (κ1) is 13.9. The molecule has 1 saturated heterocycles. The number of amides is 1. The van der Waals surface area contributed by atoms with Gasteiger partial charge in [0.05, 0.1) is 6.61 Å². The number of hydrogen-bond acceptors (Lipinski definition) is 4. The molecule has 0 aromatic carbocycles. The number of aliphatic hydroxyl groups is 1. The number of nitrogens with zero attached hydrogens (tertiary/aromatic N) is 1. The van der Waals surface area contributed by atoms with Crippen LogP contribution in [0, 0.1) is 0 Å². The third-order valence-electron chi connectivity index (χ3n) is 2.75. The molecule has 17 heavy (non-hydrogen) atoms. The van der Waals surface area contributed by atoms with Crippen molar-refractivity contribution >= 4 is 11.9 Å². The van der Waals surface area contributed by atoms with E-state index < -0.39 is 18.2 Å². The largest absolute Gasteiger partial charge is 0.479 e. The molecule has 1 aliphatic rings. The summed E-state index contributed by atoms with van der Waals surface area (Å²) in [6, 6.07) is 0. The predicted molar refractivity (Wildman–Crippen MR) is 59.5 cm³/mol. The first-order valence-corrected chi connectivity index (χ1v) is 5.88. The lowest BCUT2D eigenvalue weighted by Crippen LogP contribution is -2.41. The Morgan fingerprint density at radius 2 is 1.94 bits per heavy atom. The second kappa shape index (κ2) is 6.56. The molecule has 0 aliphatic carbocycles. The van der Waals surface area contributed by atoms with E-state index in [0.29, 0.717) is 19.4 Å². The Morgan fingerprint density at radius 1 is 1.29 bits per heavy atom. The highest BCUT2D eigenvalue weighted by molar-refractivity contribution is 5.82. The minimum Gasteiger partial charge on any atom is -0.479 e. The average molecular weight is 245 g/mol. The molecule has 98 valence electrons. The third kappa shape index (κ3) is 3.67. The van der Waals surface area contributed by atoms with Crippen molar-refractivity contribution in [2.75, 3.05) is 19.7 Å². The van der Waals surface area contributed by atoms with Crippen molar-refractivity contribution in [2.24, 2.45) is 0 Å². The quantitative estimate of drug-likeness (QED) is 0.679. The normalized spacial score (nSPS) is 23.6. The van der Waals surface area contributed by atoms with Crippen LogP contribution in [0.15, 0.2) is 0 Å². The lowest BCUT2D eigenvalue weighted by atomic mass is 10.2. The fourth-order valence-electron chi connectivity index (χ4n) is 1.93. The molecule has 0 aromatic rings. The van der Waals surface area contributed by atoms with Gasteiger partial charge in [-0.25, -0.2) is 4.79 Å². The molecule has 1 amide bonds. The van der Waals surface area contributed by atoms with E-state index in [0.717, 1.165) is 6.42 Å². The van der Waals surface area contributed by atoms with Crippen molar-refractivity contribution in [2.45, 2.75) is 38.4 Å². The smallest absolute Gasteiger partial charge is 0.332 e. The van der Waals surface area contributed by atoms with E-state index in [1.54, 1.807) is 0 Å². The van der Waals surface area contributed by atoms with Crippen LogP contribution in [-0.2, 0) is 14.3 Å². The van der Waals surface area contributed by atoms with E-state index in [1.165, 1.54) is 4.90 Å². The summed E-state index contributed by atoms with van der Waals surface area (Å²) >= 11 is 0. The van der Waals surface area contributed by atoms with Crippen molar-refractivity contribution in [3.63, 3.8) is 0 Å². The minimum absolute atomic E-state index is 0.0964. The SMILES string of the molecule is CCCN(CCO)C(=O)C1CCC(C(=O)O)O1. The molecule has 0 aromatic heterocycles. The summed E-state index contributed by atoms with van der Waals surface area (Å²) in [4.78, 5) is 24.2. The van der Waals surface area contributed by atoms with E-state index in [1.807, 2.05) is 6.92 Å². The van der Waals surface area contributed by atoms with Gasteiger partial charge in [0.1, 0.15) is 6.10 Å². The van der Waals surface area contributed by atoms with Crippen LogP contribution in [0.2, 0.25) is 0 Å². The number of rotatable bonds is 6. The van der Waals surface area contributed by atoms with Crippen LogP contribution in [0.5, 0.6) is 0 Å². The van der Waals surface area contributed by atoms with Crippen LogP contribution in [0.4, 0.5) is 0 Å². The molecule has 2 N–H and O–H groups in total. The number of carboxylic acids is 1. The predicted octanol–water partition coefficient (Wildman–Crippen LogP) is -0.151. The van der Waals surface area contributed by atoms with Gasteiger partial charge in [0.25, 0.3) is 5.91 Å². The van der Waals surface area contributed by atoms with Gasteiger partial charge < -0.3 is 19.8 Å². The highest BCUT2D eigenvalue weighted by Gasteiger charge is 2.36. The fourth-order valence-corrected chi connectivity index (χ4v) is 1.93. The molecule has 1 aliphatic heterocycles. The average Bonchev–Trinajstić information content (AvgIpc) is 2.77. The summed E-state index contributed by atoms with van der Waals surface area (Å²) in [6.07, 6.45) is 0.0448. The molecular formula is C11H19NO5. The fraction of sp³-hybridized carbons (Fsp3) is 0.818. The highest BCUT2D eigenvalue weighted by atomic mass is 16.5. The van der Waals surface area contributed by atoms with Gasteiger partial charge in [-0.15, -0.1) is 0 Å². The van der Waals surface area contributed by atoms with Crippen LogP contribution < -0.4 is 0 Å². The summed E-state index contributed by atoms with van der Waals surface area (Å²) in [7, 11) is 0. The molecule has 0 radical (unpaired) electrons. The van der Waals surface area contributed by atoms with E-state index in [2.05, 4.69) is 0 Å². The molecule has 6 nitrogen and oxygen atoms in total. The third-order valence-corrected chi connectivity index (χ3v) is 2.75. The molecule has 0 saturated carbocycles. The van der Waals surface area contributed by atoms with Crippen LogP contribution in [0.3, 0.4) is 0 Å².